The summed E-state index contributed by atoms with van der Waals surface area (Å²) < 4.78 is 30.4. The van der Waals surface area contributed by atoms with Gasteiger partial charge in [0.2, 0.25) is 0 Å². The van der Waals surface area contributed by atoms with Crippen molar-refractivity contribution in [3.05, 3.63) is 56.0 Å². The van der Waals surface area contributed by atoms with Crippen LogP contribution in [0.5, 0.6) is 5.75 Å². The Kier molecular flexibility index (Phi) is 5.67. The highest BCUT2D eigenvalue weighted by Gasteiger charge is 2.22. The van der Waals surface area contributed by atoms with Gasteiger partial charge in [-0.2, -0.15) is 8.42 Å². The van der Waals surface area contributed by atoms with Crippen LogP contribution in [0, 0.1) is 6.92 Å². The smallest absolute Gasteiger partial charge is 0.340 e. The number of benzene rings is 2. The Labute approximate surface area is 154 Å². The van der Waals surface area contributed by atoms with Crippen molar-refractivity contribution in [2.24, 2.45) is 0 Å². The van der Waals surface area contributed by atoms with Gasteiger partial charge in [0.05, 0.1) is 10.0 Å². The molecule has 0 amide bonds. The summed E-state index contributed by atoms with van der Waals surface area (Å²) in [5.74, 6) is 0.606. The average molecular weight is 438 g/mol. The molecule has 2 rings (SSSR count). The van der Waals surface area contributed by atoms with Gasteiger partial charge in [0, 0.05) is 4.47 Å². The molecule has 0 bridgehead atoms. The van der Waals surface area contributed by atoms with Gasteiger partial charge in [-0.05, 0) is 64.2 Å². The quantitative estimate of drug-likeness (QED) is 0.438. The zero-order valence-electron chi connectivity index (χ0n) is 12.7. The van der Waals surface area contributed by atoms with Gasteiger partial charge in [-0.15, -0.1) is 0 Å². The molecule has 0 heterocycles. The van der Waals surface area contributed by atoms with Crippen molar-refractivity contribution in [2.75, 3.05) is 0 Å². The second-order valence-electron chi connectivity index (χ2n) is 5.41. The maximum atomic E-state index is 12.5. The van der Waals surface area contributed by atoms with E-state index in [2.05, 4.69) is 29.8 Å². The van der Waals surface area contributed by atoms with Gasteiger partial charge in [0.1, 0.15) is 10.6 Å². The Balaban J connectivity index is 2.39. The van der Waals surface area contributed by atoms with E-state index in [9.17, 15) is 8.42 Å². The lowest BCUT2D eigenvalue weighted by Gasteiger charge is -2.13. The molecule has 0 radical (unpaired) electrons. The molecule has 23 heavy (non-hydrogen) atoms. The Morgan fingerprint density at radius 3 is 2.26 bits per heavy atom. The summed E-state index contributed by atoms with van der Waals surface area (Å²) in [4.78, 5) is -0.0718. The predicted octanol–water partition coefficient (Wildman–Crippen LogP) is 5.96. The predicted molar refractivity (Wildman–Crippen MR) is 97.2 cm³/mol. The summed E-state index contributed by atoms with van der Waals surface area (Å²) in [6, 6.07) is 7.91. The molecule has 0 unspecified atom stereocenters. The molecule has 0 atom stereocenters. The molecule has 0 aromatic heterocycles. The van der Waals surface area contributed by atoms with Crippen LogP contribution in [0.3, 0.4) is 0 Å². The van der Waals surface area contributed by atoms with Gasteiger partial charge in [0.25, 0.3) is 0 Å². The van der Waals surface area contributed by atoms with Crippen LogP contribution in [0.25, 0.3) is 0 Å². The minimum Gasteiger partial charge on any atom is -0.379 e. The Bertz CT molecular complexity index is 849. The lowest BCUT2D eigenvalue weighted by molar-refractivity contribution is 0.485. The van der Waals surface area contributed by atoms with Gasteiger partial charge in [-0.25, -0.2) is 0 Å². The van der Waals surface area contributed by atoms with E-state index in [1.807, 2.05) is 13.0 Å². The number of hydrogen-bond donors (Lipinski definition) is 0. The van der Waals surface area contributed by atoms with Gasteiger partial charge < -0.3 is 4.18 Å². The highest BCUT2D eigenvalue weighted by atomic mass is 79.9. The fourth-order valence-electron chi connectivity index (χ4n) is 2.22. The van der Waals surface area contributed by atoms with Crippen LogP contribution in [-0.2, 0) is 10.1 Å². The summed E-state index contributed by atoms with van der Waals surface area (Å²) in [6.07, 6.45) is 0. The van der Waals surface area contributed by atoms with Crippen molar-refractivity contribution in [1.82, 2.24) is 0 Å². The van der Waals surface area contributed by atoms with Crippen molar-refractivity contribution >= 4 is 49.2 Å². The topological polar surface area (TPSA) is 43.4 Å². The molecular weight excluding hydrogens is 423 g/mol. The Hall–Kier alpha value is -0.750. The molecule has 2 aromatic carbocycles. The first-order valence-electron chi connectivity index (χ1n) is 6.81. The highest BCUT2D eigenvalue weighted by molar-refractivity contribution is 9.10. The summed E-state index contributed by atoms with van der Waals surface area (Å²) in [7, 11) is -4.02. The standard InChI is InChI=1S/C16H15BrCl2O3S/c1-9(2)12-5-4-11(6-10(12)3)22-23(20,21)16-8-15(19)14(18)7-13(16)17/h4-9H,1-3H3. The summed E-state index contributed by atoms with van der Waals surface area (Å²) >= 11 is 14.9. The second kappa shape index (κ2) is 7.01. The molecule has 0 saturated carbocycles. The molecule has 7 heteroatoms. The number of halogens is 3. The Morgan fingerprint density at radius 1 is 1.09 bits per heavy atom. The SMILES string of the molecule is Cc1cc(OS(=O)(=O)c2cc(Cl)c(Cl)cc2Br)ccc1C(C)C. The molecule has 0 aliphatic rings. The maximum absolute atomic E-state index is 12.5. The van der Waals surface area contributed by atoms with E-state index in [4.69, 9.17) is 27.4 Å². The summed E-state index contributed by atoms with van der Waals surface area (Å²) in [5.41, 5.74) is 2.12. The third-order valence-corrected chi connectivity index (χ3v) is 6.24. The van der Waals surface area contributed by atoms with Crippen molar-refractivity contribution in [1.29, 1.82) is 0 Å². The second-order valence-corrected chi connectivity index (χ2v) is 8.59. The maximum Gasteiger partial charge on any atom is 0.340 e. The van der Waals surface area contributed by atoms with Crippen molar-refractivity contribution < 1.29 is 12.6 Å². The first kappa shape index (κ1) is 18.6. The molecule has 0 spiro atoms. The lowest BCUT2D eigenvalue weighted by atomic mass is 9.98. The van der Waals surface area contributed by atoms with E-state index in [0.29, 0.717) is 10.4 Å². The molecule has 2 aromatic rings. The Morgan fingerprint density at radius 2 is 1.70 bits per heavy atom. The minimum absolute atomic E-state index is 0.0718. The van der Waals surface area contributed by atoms with Crippen molar-refractivity contribution in [2.45, 2.75) is 31.6 Å². The van der Waals surface area contributed by atoms with Crippen LogP contribution >= 0.6 is 39.1 Å². The zero-order chi connectivity index (χ0) is 17.4. The molecule has 0 saturated heterocycles. The van der Waals surface area contributed by atoms with Gasteiger partial charge in [-0.3, -0.25) is 0 Å². The number of aryl methyl sites for hydroxylation is 1. The van der Waals surface area contributed by atoms with Crippen molar-refractivity contribution in [3.63, 3.8) is 0 Å². The van der Waals surface area contributed by atoms with Crippen LogP contribution in [0.15, 0.2) is 39.7 Å². The van der Waals surface area contributed by atoms with E-state index in [-0.39, 0.29) is 20.7 Å². The van der Waals surface area contributed by atoms with Crippen LogP contribution < -0.4 is 4.18 Å². The third-order valence-electron chi connectivity index (χ3n) is 3.31. The monoisotopic (exact) mass is 436 g/mol. The summed E-state index contributed by atoms with van der Waals surface area (Å²) in [6.45, 7) is 6.07. The van der Waals surface area contributed by atoms with E-state index < -0.39 is 10.1 Å². The molecule has 0 aliphatic heterocycles. The van der Waals surface area contributed by atoms with Crippen LogP contribution in [-0.4, -0.2) is 8.42 Å². The van der Waals surface area contributed by atoms with Crippen molar-refractivity contribution in [3.8, 4) is 5.75 Å². The molecular formula is C16H15BrCl2O3S. The minimum atomic E-state index is -4.02. The van der Waals surface area contributed by atoms with E-state index >= 15 is 0 Å². The molecule has 0 N–H and O–H groups in total. The zero-order valence-corrected chi connectivity index (χ0v) is 16.6. The fraction of sp³-hybridized carbons (Fsp3) is 0.250. The fourth-order valence-corrected chi connectivity index (χ4v) is 4.68. The van der Waals surface area contributed by atoms with Crippen LogP contribution in [0.1, 0.15) is 30.9 Å². The van der Waals surface area contributed by atoms with E-state index in [1.165, 1.54) is 12.1 Å². The first-order valence-corrected chi connectivity index (χ1v) is 9.77. The molecule has 0 aliphatic carbocycles. The van der Waals surface area contributed by atoms with Gasteiger partial charge in [0.15, 0.2) is 0 Å². The van der Waals surface area contributed by atoms with E-state index in [0.717, 1.165) is 11.1 Å². The third kappa shape index (κ3) is 4.21. The average Bonchev–Trinajstić information content (AvgIpc) is 2.41. The normalized spacial score (nSPS) is 11.8. The molecule has 0 fully saturated rings. The number of hydrogen-bond acceptors (Lipinski definition) is 3. The van der Waals surface area contributed by atoms with Gasteiger partial charge >= 0.3 is 10.1 Å². The van der Waals surface area contributed by atoms with Crippen LogP contribution in [0.4, 0.5) is 0 Å². The first-order chi connectivity index (χ1) is 10.6. The lowest BCUT2D eigenvalue weighted by Crippen LogP contribution is -2.11. The number of rotatable bonds is 4. The molecule has 124 valence electrons. The van der Waals surface area contributed by atoms with Crippen LogP contribution in [0.2, 0.25) is 10.0 Å². The molecule has 3 nitrogen and oxygen atoms in total. The largest absolute Gasteiger partial charge is 0.379 e. The van der Waals surface area contributed by atoms with Gasteiger partial charge in [-0.1, -0.05) is 43.1 Å². The highest BCUT2D eigenvalue weighted by Crippen LogP contribution is 2.33. The summed E-state index contributed by atoms with van der Waals surface area (Å²) in [5, 5.41) is 0.401. The van der Waals surface area contributed by atoms with E-state index in [1.54, 1.807) is 12.1 Å².